The number of carbonyl (C=O) groups is 2. The maximum atomic E-state index is 12.5. The molecular formula is C21H18F3N3O5. The Kier molecular flexibility index (Phi) is 5.64. The van der Waals surface area contributed by atoms with Crippen LogP contribution < -0.4 is 4.74 Å². The average molecular weight is 449 g/mol. The van der Waals surface area contributed by atoms with Crippen molar-refractivity contribution >= 4 is 12.0 Å². The third kappa shape index (κ3) is 4.93. The van der Waals surface area contributed by atoms with E-state index in [4.69, 9.17) is 4.74 Å². The zero-order valence-electron chi connectivity index (χ0n) is 16.6. The van der Waals surface area contributed by atoms with Gasteiger partial charge < -0.3 is 24.4 Å². The highest BCUT2D eigenvalue weighted by molar-refractivity contribution is 5.93. The first-order valence-corrected chi connectivity index (χ1v) is 9.61. The van der Waals surface area contributed by atoms with Crippen LogP contribution in [0.1, 0.15) is 16.1 Å². The number of nitrogens with zero attached hydrogens (tertiary/aromatic N) is 3. The minimum atomic E-state index is -4.77. The Morgan fingerprint density at radius 1 is 1.12 bits per heavy atom. The van der Waals surface area contributed by atoms with Gasteiger partial charge in [0.1, 0.15) is 23.8 Å². The number of rotatable bonds is 4. The van der Waals surface area contributed by atoms with E-state index in [-0.39, 0.29) is 35.6 Å². The Hall–Kier alpha value is -3.76. The summed E-state index contributed by atoms with van der Waals surface area (Å²) in [6.45, 7) is 1.01. The zero-order chi connectivity index (χ0) is 22.9. The summed E-state index contributed by atoms with van der Waals surface area (Å²) in [5.74, 6) is -0.687. The molecule has 11 heteroatoms. The number of carbonyl (C=O) groups excluding carboxylic acids is 2. The molecule has 1 fully saturated rings. The highest BCUT2D eigenvalue weighted by Gasteiger charge is 2.38. The number of fused-ring (bicyclic) bond motifs is 1. The highest BCUT2D eigenvalue weighted by Crippen LogP contribution is 2.31. The molecule has 2 aliphatic rings. The fourth-order valence-corrected chi connectivity index (χ4v) is 3.57. The molecule has 2 aliphatic heterocycles. The molecule has 0 saturated carbocycles. The molecule has 168 valence electrons. The molecule has 1 N–H and O–H groups in total. The molecule has 0 aliphatic carbocycles. The van der Waals surface area contributed by atoms with Gasteiger partial charge in [-0.05, 0) is 35.4 Å². The lowest BCUT2D eigenvalue weighted by molar-refractivity contribution is -0.274. The summed E-state index contributed by atoms with van der Waals surface area (Å²) in [6.07, 6.45) is -2.41. The first kappa shape index (κ1) is 21.5. The molecule has 1 aromatic carbocycles. The predicted molar refractivity (Wildman–Crippen MR) is 103 cm³/mol. The van der Waals surface area contributed by atoms with E-state index in [0.29, 0.717) is 25.2 Å². The molecular weight excluding hydrogens is 431 g/mol. The molecule has 0 spiro atoms. The minimum absolute atomic E-state index is 0.0117. The second-order valence-electron chi connectivity index (χ2n) is 7.39. The van der Waals surface area contributed by atoms with Gasteiger partial charge in [-0.3, -0.25) is 4.79 Å². The Bertz CT molecular complexity index is 1040. The van der Waals surface area contributed by atoms with Crippen LogP contribution in [-0.2, 0) is 11.3 Å². The first-order valence-electron chi connectivity index (χ1n) is 9.61. The van der Waals surface area contributed by atoms with Gasteiger partial charge in [0.25, 0.3) is 5.91 Å². The number of amides is 2. The average Bonchev–Trinajstić information content (AvgIpc) is 3.31. The molecule has 8 nitrogen and oxygen atoms in total. The molecule has 32 heavy (non-hydrogen) atoms. The van der Waals surface area contributed by atoms with Gasteiger partial charge in [0.15, 0.2) is 0 Å². The van der Waals surface area contributed by atoms with Crippen LogP contribution in [0.5, 0.6) is 11.5 Å². The van der Waals surface area contributed by atoms with Crippen molar-refractivity contribution in [3.63, 3.8) is 0 Å². The Morgan fingerprint density at radius 3 is 2.50 bits per heavy atom. The van der Waals surface area contributed by atoms with E-state index in [1.54, 1.807) is 6.20 Å². The molecule has 3 heterocycles. The number of alkyl halides is 3. The maximum absolute atomic E-state index is 12.5. The number of pyridine rings is 1. The Balaban J connectivity index is 1.29. The lowest BCUT2D eigenvalue weighted by Gasteiger charge is -2.19. The third-order valence-electron chi connectivity index (χ3n) is 5.08. The number of benzene rings is 1. The van der Waals surface area contributed by atoms with Crippen molar-refractivity contribution in [1.29, 1.82) is 0 Å². The van der Waals surface area contributed by atoms with E-state index in [1.807, 2.05) is 0 Å². The normalized spacial score (nSPS) is 17.7. The van der Waals surface area contributed by atoms with Crippen LogP contribution >= 0.6 is 0 Å². The lowest BCUT2D eigenvalue weighted by atomic mass is 10.1. The Labute approximate surface area is 180 Å². The second-order valence-corrected chi connectivity index (χ2v) is 7.39. The monoisotopic (exact) mass is 449 g/mol. The second kappa shape index (κ2) is 8.40. The van der Waals surface area contributed by atoms with Crippen LogP contribution in [0, 0.1) is 5.92 Å². The smallest absolute Gasteiger partial charge is 0.506 e. The van der Waals surface area contributed by atoms with Crippen LogP contribution in [0.15, 0.2) is 54.4 Å². The number of likely N-dealkylation sites (tertiary alicyclic amines) is 1. The van der Waals surface area contributed by atoms with Crippen LogP contribution in [0.25, 0.3) is 0 Å². The summed E-state index contributed by atoms with van der Waals surface area (Å²) in [5, 5.41) is 9.29. The quantitative estimate of drug-likeness (QED) is 0.770. The van der Waals surface area contributed by atoms with Gasteiger partial charge in [0, 0.05) is 31.8 Å². The number of hydrogen-bond donors (Lipinski definition) is 1. The van der Waals surface area contributed by atoms with Crippen LogP contribution in [0.4, 0.5) is 18.0 Å². The van der Waals surface area contributed by atoms with E-state index in [9.17, 15) is 27.9 Å². The molecule has 0 bridgehead atoms. The van der Waals surface area contributed by atoms with E-state index >= 15 is 0 Å². The van der Waals surface area contributed by atoms with E-state index in [0.717, 1.165) is 17.7 Å². The molecule has 4 rings (SSSR count). The van der Waals surface area contributed by atoms with E-state index in [2.05, 4.69) is 9.72 Å². The summed E-state index contributed by atoms with van der Waals surface area (Å²) >= 11 is 0. The molecule has 0 radical (unpaired) electrons. The van der Waals surface area contributed by atoms with E-state index in [1.165, 1.54) is 40.3 Å². The zero-order valence-corrected chi connectivity index (χ0v) is 16.6. The minimum Gasteiger partial charge on any atom is -0.506 e. The first-order chi connectivity index (χ1) is 15.2. The summed E-state index contributed by atoms with van der Waals surface area (Å²) in [7, 11) is 0. The maximum Gasteiger partial charge on any atom is 0.573 e. The van der Waals surface area contributed by atoms with Crippen molar-refractivity contribution in [1.82, 2.24) is 14.8 Å². The van der Waals surface area contributed by atoms with E-state index < -0.39 is 12.5 Å². The predicted octanol–water partition coefficient (Wildman–Crippen LogP) is 3.29. The van der Waals surface area contributed by atoms with Crippen molar-refractivity contribution in [2.45, 2.75) is 13.0 Å². The van der Waals surface area contributed by atoms with Crippen molar-refractivity contribution in [3.8, 4) is 11.5 Å². The Morgan fingerprint density at radius 2 is 1.88 bits per heavy atom. The summed E-state index contributed by atoms with van der Waals surface area (Å²) in [4.78, 5) is 31.9. The molecule has 2 aromatic rings. The summed E-state index contributed by atoms with van der Waals surface area (Å²) in [6, 6.07) is 7.90. The number of aromatic nitrogens is 1. The fourth-order valence-electron chi connectivity index (χ4n) is 3.57. The van der Waals surface area contributed by atoms with Crippen LogP contribution in [0.3, 0.4) is 0 Å². The number of halogens is 3. The highest BCUT2D eigenvalue weighted by atomic mass is 19.4. The number of hydrogen-bond acceptors (Lipinski definition) is 6. The van der Waals surface area contributed by atoms with Crippen molar-refractivity contribution < 1.29 is 37.3 Å². The van der Waals surface area contributed by atoms with Gasteiger partial charge in [0.05, 0.1) is 6.20 Å². The van der Waals surface area contributed by atoms with Crippen molar-refractivity contribution in [2.24, 2.45) is 5.92 Å². The summed E-state index contributed by atoms with van der Waals surface area (Å²) in [5.41, 5.74) is 1.65. The molecule has 2 amide bonds. The third-order valence-corrected chi connectivity index (χ3v) is 5.08. The SMILES string of the molecule is O=C(c1ccc(O)cn1)N1C=C2CN(C(=O)OCc3ccc(OC(F)(F)F)cc3)C[C@@H]2C1. The largest absolute Gasteiger partial charge is 0.573 e. The fraction of sp³-hybridized carbons (Fsp3) is 0.286. The molecule has 0 unspecified atom stereocenters. The van der Waals surface area contributed by atoms with Crippen molar-refractivity contribution in [2.75, 3.05) is 19.6 Å². The van der Waals surface area contributed by atoms with Crippen molar-refractivity contribution in [3.05, 3.63) is 65.6 Å². The van der Waals surface area contributed by atoms with Crippen LogP contribution in [0.2, 0.25) is 0 Å². The van der Waals surface area contributed by atoms with Gasteiger partial charge in [0.2, 0.25) is 0 Å². The van der Waals surface area contributed by atoms with Crippen LogP contribution in [-0.4, -0.2) is 57.9 Å². The van der Waals surface area contributed by atoms with Gasteiger partial charge in [-0.2, -0.15) is 0 Å². The lowest BCUT2D eigenvalue weighted by Crippen LogP contribution is -2.33. The number of ether oxygens (including phenoxy) is 2. The van der Waals surface area contributed by atoms with Gasteiger partial charge in [-0.1, -0.05) is 12.1 Å². The van der Waals surface area contributed by atoms with Gasteiger partial charge in [-0.25, -0.2) is 9.78 Å². The number of aromatic hydroxyl groups is 1. The van der Waals surface area contributed by atoms with Gasteiger partial charge >= 0.3 is 12.5 Å². The summed E-state index contributed by atoms with van der Waals surface area (Å²) < 4.78 is 45.7. The standard InChI is InChI=1S/C21H18F3N3O5/c22-21(23,24)32-17-4-1-13(2-5-17)12-31-20(30)27-10-14-8-26(9-15(14)11-27)19(29)18-6-3-16(28)7-25-18/h1-8,15,28H,9-12H2/t15-/m0/s1. The topological polar surface area (TPSA) is 92.2 Å². The van der Waals surface area contributed by atoms with Gasteiger partial charge in [-0.15, -0.1) is 13.2 Å². The molecule has 1 saturated heterocycles. The molecule has 1 atom stereocenters. The molecule has 1 aromatic heterocycles.